The van der Waals surface area contributed by atoms with Crippen LogP contribution in [0.2, 0.25) is 0 Å². The van der Waals surface area contributed by atoms with Gasteiger partial charge in [-0.05, 0) is 32.0 Å². The lowest BCUT2D eigenvalue weighted by molar-refractivity contribution is -0.138. The van der Waals surface area contributed by atoms with Gasteiger partial charge in [-0.2, -0.15) is 23.4 Å². The van der Waals surface area contributed by atoms with Crippen LogP contribution in [0.5, 0.6) is 5.88 Å². The summed E-state index contributed by atoms with van der Waals surface area (Å²) in [7, 11) is 0. The molecule has 0 radical (unpaired) electrons. The molecule has 0 aliphatic carbocycles. The van der Waals surface area contributed by atoms with Crippen LogP contribution in [0.25, 0.3) is 5.69 Å². The molecule has 3 aromatic rings. The van der Waals surface area contributed by atoms with Crippen LogP contribution >= 0.6 is 0 Å². The molecule has 32 heavy (non-hydrogen) atoms. The van der Waals surface area contributed by atoms with E-state index in [0.29, 0.717) is 6.20 Å². The lowest BCUT2D eigenvalue weighted by atomic mass is 10.1. The number of aromatic nitrogens is 4. The van der Waals surface area contributed by atoms with Gasteiger partial charge in [0.2, 0.25) is 5.88 Å². The smallest absolute Gasteiger partial charge is 0.417 e. The summed E-state index contributed by atoms with van der Waals surface area (Å²) in [6.45, 7) is 3.19. The molecule has 3 rings (SSSR count). The van der Waals surface area contributed by atoms with Crippen LogP contribution in [-0.2, 0) is 6.18 Å². The first-order chi connectivity index (χ1) is 15.1. The minimum atomic E-state index is -4.74. The van der Waals surface area contributed by atoms with Crippen molar-refractivity contribution in [1.29, 1.82) is 0 Å². The normalized spacial score (nSPS) is 12.5. The number of nitrogens with zero attached hydrogens (tertiary/aromatic N) is 5. The molecule has 2 aromatic heterocycles. The maximum atomic E-state index is 14.4. The Balaban J connectivity index is 1.78. The second-order valence-corrected chi connectivity index (χ2v) is 6.71. The zero-order valence-electron chi connectivity index (χ0n) is 17.0. The fraction of sp³-hybridized carbons (Fsp3) is 0.300. The molecule has 0 saturated carbocycles. The summed E-state index contributed by atoms with van der Waals surface area (Å²) < 4.78 is 71.6. The van der Waals surface area contributed by atoms with Crippen molar-refractivity contribution in [2.24, 2.45) is 0 Å². The van der Waals surface area contributed by atoms with Crippen molar-refractivity contribution in [3.8, 4) is 11.6 Å². The summed E-state index contributed by atoms with van der Waals surface area (Å²) in [4.78, 5) is 18.8. The molecule has 7 nitrogen and oxygen atoms in total. The van der Waals surface area contributed by atoms with Gasteiger partial charge in [-0.25, -0.2) is 13.8 Å². The minimum Gasteiger partial charge on any atom is -0.473 e. The third kappa shape index (κ3) is 4.84. The Hall–Kier alpha value is -3.57. The number of pyridine rings is 1. The number of ether oxygens (including phenoxy) is 1. The topological polar surface area (TPSA) is 73.1 Å². The zero-order chi connectivity index (χ0) is 23.5. The highest BCUT2D eigenvalue weighted by atomic mass is 19.4. The molecule has 0 fully saturated rings. The molecule has 0 aliphatic rings. The molecule has 1 amide bonds. The number of likely N-dealkylation sites (N-methyl/N-ethyl adjacent to an activating group) is 1. The minimum absolute atomic E-state index is 0.00580. The van der Waals surface area contributed by atoms with E-state index in [2.05, 4.69) is 15.2 Å². The average molecular weight is 455 g/mol. The number of alkyl halides is 3. The van der Waals surface area contributed by atoms with Gasteiger partial charge in [0, 0.05) is 12.7 Å². The van der Waals surface area contributed by atoms with Crippen LogP contribution in [-0.4, -0.2) is 50.0 Å². The molecular weight excluding hydrogens is 437 g/mol. The van der Waals surface area contributed by atoms with Gasteiger partial charge in [-0.1, -0.05) is 6.07 Å². The molecule has 0 N–H and O–H groups in total. The molecule has 1 aromatic carbocycles. The number of para-hydroxylation sites is 1. The van der Waals surface area contributed by atoms with Crippen LogP contribution < -0.4 is 4.74 Å². The number of hydrogen-bond donors (Lipinski definition) is 0. The highest BCUT2D eigenvalue weighted by Gasteiger charge is 2.32. The number of benzene rings is 1. The van der Waals surface area contributed by atoms with E-state index >= 15 is 0 Å². The molecule has 2 heterocycles. The number of halogens is 5. The van der Waals surface area contributed by atoms with Crippen LogP contribution in [0, 0.1) is 11.6 Å². The molecule has 0 unspecified atom stereocenters. The Morgan fingerprint density at radius 1 is 1.19 bits per heavy atom. The van der Waals surface area contributed by atoms with E-state index in [4.69, 9.17) is 4.74 Å². The van der Waals surface area contributed by atoms with E-state index in [1.165, 1.54) is 29.4 Å². The molecule has 12 heteroatoms. The average Bonchev–Trinajstić information content (AvgIpc) is 3.26. The first kappa shape index (κ1) is 23.1. The third-order valence-corrected chi connectivity index (χ3v) is 4.57. The fourth-order valence-electron chi connectivity index (χ4n) is 3.01. The van der Waals surface area contributed by atoms with Crippen molar-refractivity contribution < 1.29 is 31.5 Å². The van der Waals surface area contributed by atoms with Gasteiger partial charge in [0.15, 0.2) is 11.6 Å². The zero-order valence-corrected chi connectivity index (χ0v) is 17.0. The fourth-order valence-corrected chi connectivity index (χ4v) is 3.01. The van der Waals surface area contributed by atoms with Crippen LogP contribution in [0.4, 0.5) is 22.0 Å². The lowest BCUT2D eigenvalue weighted by Crippen LogP contribution is -2.42. The van der Waals surface area contributed by atoms with E-state index in [1.807, 2.05) is 0 Å². The first-order valence-corrected chi connectivity index (χ1v) is 9.45. The summed E-state index contributed by atoms with van der Waals surface area (Å²) in [5.41, 5.74) is -1.38. The molecular formula is C20H18F5N5O2. The number of hydrogen-bond acceptors (Lipinski definition) is 5. The maximum absolute atomic E-state index is 14.4. The van der Waals surface area contributed by atoms with Crippen molar-refractivity contribution in [2.75, 3.05) is 13.2 Å². The molecule has 0 saturated heterocycles. The van der Waals surface area contributed by atoms with Gasteiger partial charge in [0.05, 0.1) is 29.6 Å². The van der Waals surface area contributed by atoms with E-state index < -0.39 is 41.2 Å². The Morgan fingerprint density at radius 3 is 2.47 bits per heavy atom. The summed E-state index contributed by atoms with van der Waals surface area (Å²) in [5.74, 6) is -3.17. The maximum Gasteiger partial charge on any atom is 0.417 e. The molecule has 1 atom stereocenters. The van der Waals surface area contributed by atoms with Crippen molar-refractivity contribution in [3.05, 3.63) is 65.6 Å². The summed E-state index contributed by atoms with van der Waals surface area (Å²) >= 11 is 0. The van der Waals surface area contributed by atoms with Crippen molar-refractivity contribution >= 4 is 5.91 Å². The Labute approximate surface area is 179 Å². The monoisotopic (exact) mass is 455 g/mol. The predicted octanol–water partition coefficient (Wildman–Crippen LogP) is 3.89. The second-order valence-electron chi connectivity index (χ2n) is 6.71. The van der Waals surface area contributed by atoms with Gasteiger partial charge in [0.25, 0.3) is 5.91 Å². The van der Waals surface area contributed by atoms with Crippen molar-refractivity contribution in [2.45, 2.75) is 26.1 Å². The van der Waals surface area contributed by atoms with Crippen molar-refractivity contribution in [3.63, 3.8) is 0 Å². The predicted molar refractivity (Wildman–Crippen MR) is 102 cm³/mol. The van der Waals surface area contributed by atoms with E-state index in [0.717, 1.165) is 10.9 Å². The van der Waals surface area contributed by atoms with Crippen LogP contribution in [0.15, 0.2) is 42.9 Å². The van der Waals surface area contributed by atoms with E-state index in [9.17, 15) is 26.7 Å². The van der Waals surface area contributed by atoms with Gasteiger partial charge < -0.3 is 9.64 Å². The quantitative estimate of drug-likeness (QED) is 0.506. The number of carbonyl (C=O) groups excluding carboxylic acids is 1. The largest absolute Gasteiger partial charge is 0.473 e. The lowest BCUT2D eigenvalue weighted by Gasteiger charge is -2.28. The first-order valence-electron chi connectivity index (χ1n) is 9.45. The molecule has 0 spiro atoms. The van der Waals surface area contributed by atoms with Crippen molar-refractivity contribution in [1.82, 2.24) is 24.9 Å². The molecule has 0 bridgehead atoms. The summed E-state index contributed by atoms with van der Waals surface area (Å²) in [6.07, 6.45) is -1.61. The Bertz CT molecular complexity index is 1090. The van der Waals surface area contributed by atoms with E-state index in [1.54, 1.807) is 13.8 Å². The molecule has 170 valence electrons. The third-order valence-electron chi connectivity index (χ3n) is 4.57. The van der Waals surface area contributed by atoms with Crippen LogP contribution in [0.1, 0.15) is 29.8 Å². The summed E-state index contributed by atoms with van der Waals surface area (Å²) in [6, 6.07) is 3.57. The standard InChI is InChI=1S/C20H18F5N5O2/c1-3-29(12(2)11-32-18-16(22)9-13(10-26-18)20(23,24)25)19(31)14-5-4-6-15(21)17(14)30-27-7-8-28-30/h4-10,12H,3,11H2,1-2H3/t12-/m0/s1. The molecule has 0 aliphatic heterocycles. The van der Waals surface area contributed by atoms with Gasteiger partial charge >= 0.3 is 6.18 Å². The highest BCUT2D eigenvalue weighted by molar-refractivity contribution is 5.98. The second kappa shape index (κ2) is 9.28. The Morgan fingerprint density at radius 2 is 1.88 bits per heavy atom. The SMILES string of the molecule is CCN(C(=O)c1cccc(F)c1-n1nccn1)[C@@H](C)COc1ncc(C(F)(F)F)cc1F. The van der Waals surface area contributed by atoms with Gasteiger partial charge in [-0.15, -0.1) is 4.80 Å². The van der Waals surface area contributed by atoms with Crippen LogP contribution in [0.3, 0.4) is 0 Å². The van der Waals surface area contributed by atoms with Gasteiger partial charge in [0.1, 0.15) is 12.3 Å². The number of carbonyl (C=O) groups is 1. The Kier molecular flexibility index (Phi) is 6.70. The number of amides is 1. The highest BCUT2D eigenvalue weighted by Crippen LogP contribution is 2.30. The summed E-state index contributed by atoms with van der Waals surface area (Å²) in [5, 5.41) is 7.74. The van der Waals surface area contributed by atoms with Gasteiger partial charge in [-0.3, -0.25) is 4.79 Å². The number of rotatable bonds is 7. The van der Waals surface area contributed by atoms with E-state index in [-0.39, 0.29) is 30.5 Å².